The van der Waals surface area contributed by atoms with E-state index in [0.717, 1.165) is 16.5 Å². The highest BCUT2D eigenvalue weighted by atomic mass is 32.2. The van der Waals surface area contributed by atoms with E-state index in [2.05, 4.69) is 0 Å². The molecular formula is C13H10FNO3S. The molecule has 0 fully saturated rings. The molecule has 0 saturated carbocycles. The molecule has 0 amide bonds. The lowest BCUT2D eigenvalue weighted by atomic mass is 10.2. The molecule has 2 rings (SSSR count). The number of aliphatic hydroxyl groups excluding tert-OH is 1. The Morgan fingerprint density at radius 2 is 1.84 bits per heavy atom. The topological polar surface area (TPSA) is 63.4 Å². The molecule has 0 radical (unpaired) electrons. The summed E-state index contributed by atoms with van der Waals surface area (Å²) < 4.78 is 13.3. The van der Waals surface area contributed by atoms with Gasteiger partial charge in [0, 0.05) is 15.9 Å². The summed E-state index contributed by atoms with van der Waals surface area (Å²) in [7, 11) is 0. The lowest BCUT2D eigenvalue weighted by Crippen LogP contribution is -1.89. The van der Waals surface area contributed by atoms with Crippen molar-refractivity contribution in [3.63, 3.8) is 0 Å². The van der Waals surface area contributed by atoms with Crippen LogP contribution in [0.4, 0.5) is 10.1 Å². The van der Waals surface area contributed by atoms with Gasteiger partial charge in [-0.05, 0) is 23.8 Å². The Labute approximate surface area is 113 Å². The van der Waals surface area contributed by atoms with Crippen LogP contribution in [0.3, 0.4) is 0 Å². The number of nitro benzene ring substituents is 1. The van der Waals surface area contributed by atoms with Crippen molar-refractivity contribution in [2.24, 2.45) is 0 Å². The second-order valence-electron chi connectivity index (χ2n) is 3.81. The fourth-order valence-electron chi connectivity index (χ4n) is 1.51. The first-order valence-electron chi connectivity index (χ1n) is 5.41. The predicted octanol–water partition coefficient (Wildman–Crippen LogP) is 3.38. The first-order valence-corrected chi connectivity index (χ1v) is 6.23. The molecule has 0 atom stereocenters. The van der Waals surface area contributed by atoms with Gasteiger partial charge >= 0.3 is 0 Å². The molecular weight excluding hydrogens is 269 g/mol. The number of aliphatic hydroxyl groups is 1. The Kier molecular flexibility index (Phi) is 4.13. The third kappa shape index (κ3) is 3.52. The molecule has 0 saturated heterocycles. The van der Waals surface area contributed by atoms with Gasteiger partial charge in [-0.1, -0.05) is 23.9 Å². The van der Waals surface area contributed by atoms with Crippen LogP contribution in [-0.4, -0.2) is 10.0 Å². The Morgan fingerprint density at radius 3 is 2.42 bits per heavy atom. The zero-order chi connectivity index (χ0) is 13.8. The summed E-state index contributed by atoms with van der Waals surface area (Å²) >= 11 is 1.23. The summed E-state index contributed by atoms with van der Waals surface area (Å²) in [5.74, 6) is -0.635. The number of hydrogen-bond acceptors (Lipinski definition) is 4. The molecule has 0 aliphatic rings. The van der Waals surface area contributed by atoms with Crippen LogP contribution < -0.4 is 0 Å². The first kappa shape index (κ1) is 13.5. The van der Waals surface area contributed by atoms with Crippen LogP contribution >= 0.6 is 11.8 Å². The van der Waals surface area contributed by atoms with E-state index in [1.54, 1.807) is 24.3 Å². The molecule has 0 aliphatic carbocycles. The molecule has 0 spiro atoms. The largest absolute Gasteiger partial charge is 0.392 e. The third-order valence-corrected chi connectivity index (χ3v) is 3.39. The third-order valence-electron chi connectivity index (χ3n) is 2.41. The van der Waals surface area contributed by atoms with Gasteiger partial charge in [0.2, 0.25) is 0 Å². The number of rotatable bonds is 4. The van der Waals surface area contributed by atoms with Gasteiger partial charge in [-0.25, -0.2) is 4.39 Å². The zero-order valence-electron chi connectivity index (χ0n) is 9.75. The van der Waals surface area contributed by atoms with E-state index >= 15 is 0 Å². The number of nitrogens with zero attached hydrogens (tertiary/aromatic N) is 1. The van der Waals surface area contributed by atoms with Gasteiger partial charge in [-0.15, -0.1) is 0 Å². The maximum atomic E-state index is 13.3. The summed E-state index contributed by atoms with van der Waals surface area (Å²) in [6.07, 6.45) is 0. The Balaban J connectivity index is 2.24. The first-order chi connectivity index (χ1) is 9.08. The monoisotopic (exact) mass is 279 g/mol. The second kappa shape index (κ2) is 5.81. The fourth-order valence-corrected chi connectivity index (χ4v) is 2.41. The quantitative estimate of drug-likeness (QED) is 0.688. The molecule has 4 nitrogen and oxygen atoms in total. The summed E-state index contributed by atoms with van der Waals surface area (Å²) in [6, 6.07) is 10.5. The zero-order valence-corrected chi connectivity index (χ0v) is 10.6. The molecule has 1 N–H and O–H groups in total. The predicted molar refractivity (Wildman–Crippen MR) is 69.5 cm³/mol. The van der Waals surface area contributed by atoms with E-state index in [9.17, 15) is 14.5 Å². The molecule has 0 aliphatic heterocycles. The van der Waals surface area contributed by atoms with Crippen molar-refractivity contribution < 1.29 is 14.4 Å². The summed E-state index contributed by atoms with van der Waals surface area (Å²) in [4.78, 5) is 11.3. The molecule has 2 aromatic rings. The van der Waals surface area contributed by atoms with E-state index in [-0.39, 0.29) is 12.3 Å². The molecule has 0 bridgehead atoms. The van der Waals surface area contributed by atoms with Crippen LogP contribution in [0.25, 0.3) is 0 Å². The van der Waals surface area contributed by atoms with Crippen LogP contribution in [0.5, 0.6) is 0 Å². The van der Waals surface area contributed by atoms with Crippen LogP contribution in [0.1, 0.15) is 5.56 Å². The van der Waals surface area contributed by atoms with Crippen molar-refractivity contribution in [3.8, 4) is 0 Å². The van der Waals surface area contributed by atoms with E-state index < -0.39 is 10.7 Å². The number of benzene rings is 2. The van der Waals surface area contributed by atoms with E-state index in [1.165, 1.54) is 23.9 Å². The molecule has 19 heavy (non-hydrogen) atoms. The lowest BCUT2D eigenvalue weighted by molar-refractivity contribution is -0.385. The van der Waals surface area contributed by atoms with Gasteiger partial charge in [0.25, 0.3) is 5.69 Å². The summed E-state index contributed by atoms with van der Waals surface area (Å²) in [5.41, 5.74) is 0.504. The Morgan fingerprint density at radius 1 is 1.16 bits per heavy atom. The standard InChI is InChI=1S/C13H10FNO3S/c14-10-5-11(15(17)18)7-13(6-10)19-12-3-1-9(8-16)2-4-12/h1-7,16H,8H2. The van der Waals surface area contributed by atoms with Crippen molar-refractivity contribution >= 4 is 17.4 Å². The molecule has 6 heteroatoms. The molecule has 0 aromatic heterocycles. The van der Waals surface area contributed by atoms with Crippen LogP contribution in [0.2, 0.25) is 0 Å². The number of nitro groups is 1. The van der Waals surface area contributed by atoms with Crippen molar-refractivity contribution in [1.82, 2.24) is 0 Å². The average molecular weight is 279 g/mol. The van der Waals surface area contributed by atoms with Crippen molar-refractivity contribution in [3.05, 3.63) is 64.0 Å². The van der Waals surface area contributed by atoms with E-state index in [1.807, 2.05) is 0 Å². The Bertz CT molecular complexity index is 601. The number of halogens is 1. The SMILES string of the molecule is O=[N+]([O-])c1cc(F)cc(Sc2ccc(CO)cc2)c1. The van der Waals surface area contributed by atoms with Gasteiger partial charge in [0.15, 0.2) is 0 Å². The van der Waals surface area contributed by atoms with E-state index in [4.69, 9.17) is 5.11 Å². The minimum atomic E-state index is -0.635. The van der Waals surface area contributed by atoms with Crippen LogP contribution in [0, 0.1) is 15.9 Å². The van der Waals surface area contributed by atoms with Gasteiger partial charge in [0.05, 0.1) is 17.6 Å². The lowest BCUT2D eigenvalue weighted by Gasteiger charge is -2.03. The molecule has 2 aromatic carbocycles. The maximum absolute atomic E-state index is 13.3. The number of non-ortho nitro benzene ring substituents is 1. The van der Waals surface area contributed by atoms with Crippen molar-refractivity contribution in [2.75, 3.05) is 0 Å². The summed E-state index contributed by atoms with van der Waals surface area (Å²) in [5, 5.41) is 19.6. The minimum Gasteiger partial charge on any atom is -0.392 e. The Hall–Kier alpha value is -1.92. The van der Waals surface area contributed by atoms with Gasteiger partial charge in [-0.3, -0.25) is 10.1 Å². The highest BCUT2D eigenvalue weighted by Crippen LogP contribution is 2.31. The normalized spacial score (nSPS) is 10.4. The summed E-state index contributed by atoms with van der Waals surface area (Å²) in [6.45, 7) is -0.0453. The smallest absolute Gasteiger partial charge is 0.273 e. The van der Waals surface area contributed by atoms with Gasteiger partial charge < -0.3 is 5.11 Å². The van der Waals surface area contributed by atoms with Crippen molar-refractivity contribution in [1.29, 1.82) is 0 Å². The minimum absolute atomic E-state index is 0.0453. The second-order valence-corrected chi connectivity index (χ2v) is 4.95. The maximum Gasteiger partial charge on any atom is 0.273 e. The highest BCUT2D eigenvalue weighted by molar-refractivity contribution is 7.99. The van der Waals surface area contributed by atoms with Gasteiger partial charge in [-0.2, -0.15) is 0 Å². The van der Waals surface area contributed by atoms with Crippen molar-refractivity contribution in [2.45, 2.75) is 16.4 Å². The van der Waals surface area contributed by atoms with Crippen LogP contribution in [-0.2, 0) is 6.61 Å². The molecule has 0 unspecified atom stereocenters. The fraction of sp³-hybridized carbons (Fsp3) is 0.0769. The van der Waals surface area contributed by atoms with Gasteiger partial charge in [0.1, 0.15) is 5.82 Å². The molecule has 98 valence electrons. The number of hydrogen-bond donors (Lipinski definition) is 1. The van der Waals surface area contributed by atoms with E-state index in [0.29, 0.717) is 4.90 Å². The highest BCUT2D eigenvalue weighted by Gasteiger charge is 2.10. The van der Waals surface area contributed by atoms with Crippen LogP contribution in [0.15, 0.2) is 52.3 Å². The molecule has 0 heterocycles. The average Bonchev–Trinajstić information content (AvgIpc) is 2.39.